The van der Waals surface area contributed by atoms with Gasteiger partial charge in [-0.25, -0.2) is 4.79 Å². The summed E-state index contributed by atoms with van der Waals surface area (Å²) in [5.41, 5.74) is 7.30. The summed E-state index contributed by atoms with van der Waals surface area (Å²) in [5, 5.41) is 2.67. The lowest BCUT2D eigenvalue weighted by Crippen LogP contribution is -2.14. The summed E-state index contributed by atoms with van der Waals surface area (Å²) in [6.07, 6.45) is 2.91. The molecular formula is C14H13N3O3. The van der Waals surface area contributed by atoms with Crippen molar-refractivity contribution in [2.75, 3.05) is 18.2 Å². The van der Waals surface area contributed by atoms with E-state index in [-0.39, 0.29) is 5.91 Å². The minimum atomic E-state index is -0.431. The molecule has 20 heavy (non-hydrogen) atoms. The van der Waals surface area contributed by atoms with Gasteiger partial charge in [0.25, 0.3) is 5.91 Å². The number of ether oxygens (including phenoxy) is 1. The summed E-state index contributed by atoms with van der Waals surface area (Å²) in [6, 6.07) is 7.89. The standard InChI is InChI=1S/C14H13N3O3/c1-20-14(19)9-2-4-10(5-3-9)17-13(18)11-8-16-7-6-12(11)15/h2-8H,1H3,(H2,15,16)(H,17,18). The zero-order valence-electron chi connectivity index (χ0n) is 10.8. The molecule has 0 aliphatic heterocycles. The van der Waals surface area contributed by atoms with Gasteiger partial charge < -0.3 is 15.8 Å². The van der Waals surface area contributed by atoms with Crippen LogP contribution >= 0.6 is 0 Å². The fraction of sp³-hybridized carbons (Fsp3) is 0.0714. The molecule has 2 aromatic rings. The number of rotatable bonds is 3. The molecule has 1 aromatic heterocycles. The Morgan fingerprint density at radius 3 is 2.50 bits per heavy atom. The highest BCUT2D eigenvalue weighted by Crippen LogP contribution is 2.14. The lowest BCUT2D eigenvalue weighted by Gasteiger charge is -2.07. The number of nitrogens with two attached hydrogens (primary N) is 1. The molecule has 0 aliphatic carbocycles. The molecule has 102 valence electrons. The highest BCUT2D eigenvalue weighted by Gasteiger charge is 2.10. The summed E-state index contributed by atoms with van der Waals surface area (Å²) in [7, 11) is 1.31. The maximum Gasteiger partial charge on any atom is 0.337 e. The van der Waals surface area contributed by atoms with E-state index in [1.807, 2.05) is 0 Å². The van der Waals surface area contributed by atoms with Crippen molar-refractivity contribution < 1.29 is 14.3 Å². The van der Waals surface area contributed by atoms with E-state index >= 15 is 0 Å². The number of methoxy groups -OCH3 is 1. The van der Waals surface area contributed by atoms with Gasteiger partial charge in [-0.3, -0.25) is 9.78 Å². The lowest BCUT2D eigenvalue weighted by atomic mass is 10.2. The number of aromatic nitrogens is 1. The first-order valence-corrected chi connectivity index (χ1v) is 5.81. The molecule has 0 saturated carbocycles. The first kappa shape index (κ1) is 13.5. The average molecular weight is 271 g/mol. The van der Waals surface area contributed by atoms with Gasteiger partial charge in [0.15, 0.2) is 0 Å². The molecule has 6 nitrogen and oxygen atoms in total. The predicted octanol–water partition coefficient (Wildman–Crippen LogP) is 1.70. The number of nitrogens with zero attached hydrogens (tertiary/aromatic N) is 1. The first-order chi connectivity index (χ1) is 9.61. The topological polar surface area (TPSA) is 94.3 Å². The Kier molecular flexibility index (Phi) is 3.95. The van der Waals surface area contributed by atoms with Crippen LogP contribution in [0.5, 0.6) is 0 Å². The van der Waals surface area contributed by atoms with Gasteiger partial charge in [-0.1, -0.05) is 0 Å². The average Bonchev–Trinajstić information content (AvgIpc) is 2.47. The van der Waals surface area contributed by atoms with Crippen LogP contribution in [0.1, 0.15) is 20.7 Å². The number of carbonyl (C=O) groups excluding carboxylic acids is 2. The van der Waals surface area contributed by atoms with Crippen molar-refractivity contribution in [3.05, 3.63) is 53.9 Å². The van der Waals surface area contributed by atoms with Crippen LogP contribution < -0.4 is 11.1 Å². The van der Waals surface area contributed by atoms with E-state index in [2.05, 4.69) is 15.0 Å². The molecule has 0 atom stereocenters. The van der Waals surface area contributed by atoms with Gasteiger partial charge in [0.1, 0.15) is 0 Å². The van der Waals surface area contributed by atoms with Crippen LogP contribution in [-0.2, 0) is 4.74 Å². The second-order valence-electron chi connectivity index (χ2n) is 3.99. The molecule has 0 aliphatic rings. The Balaban J connectivity index is 2.13. The summed E-state index contributed by atoms with van der Waals surface area (Å²) < 4.78 is 4.59. The monoisotopic (exact) mass is 271 g/mol. The van der Waals surface area contributed by atoms with Crippen molar-refractivity contribution >= 4 is 23.3 Å². The van der Waals surface area contributed by atoms with Gasteiger partial charge in [-0.05, 0) is 30.3 Å². The van der Waals surface area contributed by atoms with Crippen LogP contribution in [0.2, 0.25) is 0 Å². The maximum atomic E-state index is 12.0. The number of hydrogen-bond acceptors (Lipinski definition) is 5. The van der Waals surface area contributed by atoms with Crippen LogP contribution in [0.3, 0.4) is 0 Å². The van der Waals surface area contributed by atoms with Gasteiger partial charge in [0, 0.05) is 23.8 Å². The van der Waals surface area contributed by atoms with Crippen LogP contribution in [0.4, 0.5) is 11.4 Å². The molecule has 0 radical (unpaired) electrons. The molecule has 0 unspecified atom stereocenters. The van der Waals surface area contributed by atoms with Gasteiger partial charge in [0.2, 0.25) is 0 Å². The number of carbonyl (C=O) groups is 2. The zero-order chi connectivity index (χ0) is 14.5. The predicted molar refractivity (Wildman–Crippen MR) is 74.4 cm³/mol. The number of pyridine rings is 1. The Morgan fingerprint density at radius 2 is 1.90 bits per heavy atom. The van der Waals surface area contributed by atoms with E-state index in [1.165, 1.54) is 19.5 Å². The van der Waals surface area contributed by atoms with Crippen molar-refractivity contribution in [2.24, 2.45) is 0 Å². The quantitative estimate of drug-likeness (QED) is 0.828. The van der Waals surface area contributed by atoms with Gasteiger partial charge in [-0.15, -0.1) is 0 Å². The smallest absolute Gasteiger partial charge is 0.337 e. The minimum Gasteiger partial charge on any atom is -0.465 e. The second kappa shape index (κ2) is 5.83. The van der Waals surface area contributed by atoms with E-state index in [0.29, 0.717) is 22.5 Å². The number of hydrogen-bond donors (Lipinski definition) is 2. The van der Waals surface area contributed by atoms with Crippen LogP contribution in [0.15, 0.2) is 42.7 Å². The van der Waals surface area contributed by atoms with Crippen molar-refractivity contribution in [3.8, 4) is 0 Å². The maximum absolute atomic E-state index is 12.0. The molecule has 0 fully saturated rings. The Bertz CT molecular complexity index is 638. The van der Waals surface area contributed by atoms with E-state index in [0.717, 1.165) is 0 Å². The fourth-order valence-electron chi connectivity index (χ4n) is 1.60. The van der Waals surface area contributed by atoms with Crippen LogP contribution in [-0.4, -0.2) is 24.0 Å². The number of anilines is 2. The zero-order valence-corrected chi connectivity index (χ0v) is 10.8. The Labute approximate surface area is 115 Å². The molecule has 0 spiro atoms. The third-order valence-electron chi connectivity index (χ3n) is 2.66. The first-order valence-electron chi connectivity index (χ1n) is 5.81. The van der Waals surface area contributed by atoms with Crippen LogP contribution in [0.25, 0.3) is 0 Å². The van der Waals surface area contributed by atoms with E-state index < -0.39 is 5.97 Å². The molecule has 3 N–H and O–H groups in total. The summed E-state index contributed by atoms with van der Waals surface area (Å²) in [5.74, 6) is -0.791. The molecule has 1 heterocycles. The largest absolute Gasteiger partial charge is 0.465 e. The lowest BCUT2D eigenvalue weighted by molar-refractivity contribution is 0.0600. The van der Waals surface area contributed by atoms with E-state index in [9.17, 15) is 9.59 Å². The molecule has 1 aromatic carbocycles. The number of esters is 1. The Morgan fingerprint density at radius 1 is 1.20 bits per heavy atom. The van der Waals surface area contributed by atoms with Gasteiger partial charge in [0.05, 0.1) is 18.2 Å². The molecule has 0 saturated heterocycles. The molecule has 1 amide bonds. The summed E-state index contributed by atoms with van der Waals surface area (Å²) in [4.78, 5) is 27.1. The molecule has 0 bridgehead atoms. The minimum absolute atomic E-state index is 0.296. The number of nitrogens with one attached hydrogen (secondary N) is 1. The number of amides is 1. The van der Waals surface area contributed by atoms with Crippen molar-refractivity contribution in [3.63, 3.8) is 0 Å². The van der Waals surface area contributed by atoms with Crippen molar-refractivity contribution in [2.45, 2.75) is 0 Å². The third kappa shape index (κ3) is 2.92. The van der Waals surface area contributed by atoms with E-state index in [1.54, 1.807) is 30.3 Å². The summed E-state index contributed by atoms with van der Waals surface area (Å²) >= 11 is 0. The summed E-state index contributed by atoms with van der Waals surface area (Å²) in [6.45, 7) is 0. The van der Waals surface area contributed by atoms with Gasteiger partial charge in [-0.2, -0.15) is 0 Å². The second-order valence-corrected chi connectivity index (χ2v) is 3.99. The molecule has 2 rings (SSSR count). The van der Waals surface area contributed by atoms with Crippen LogP contribution in [0, 0.1) is 0 Å². The Hall–Kier alpha value is -2.89. The molecular weight excluding hydrogens is 258 g/mol. The van der Waals surface area contributed by atoms with E-state index in [4.69, 9.17) is 5.73 Å². The number of benzene rings is 1. The normalized spacial score (nSPS) is 9.85. The van der Waals surface area contributed by atoms with Crippen molar-refractivity contribution in [1.29, 1.82) is 0 Å². The molecule has 6 heteroatoms. The van der Waals surface area contributed by atoms with Crippen molar-refractivity contribution in [1.82, 2.24) is 4.98 Å². The fourth-order valence-corrected chi connectivity index (χ4v) is 1.60. The SMILES string of the molecule is COC(=O)c1ccc(NC(=O)c2cnccc2N)cc1. The third-order valence-corrected chi connectivity index (χ3v) is 2.66. The highest BCUT2D eigenvalue weighted by atomic mass is 16.5. The number of nitrogen functional groups attached to an aromatic ring is 1. The van der Waals surface area contributed by atoms with Gasteiger partial charge >= 0.3 is 5.97 Å². The highest BCUT2D eigenvalue weighted by molar-refractivity contribution is 6.07.